The summed E-state index contributed by atoms with van der Waals surface area (Å²) in [6, 6.07) is 14.4. The summed E-state index contributed by atoms with van der Waals surface area (Å²) in [6.45, 7) is 0.780. The number of hydrogen-bond acceptors (Lipinski definition) is 6. The molecule has 0 saturated carbocycles. The SMILES string of the molecule is O=C(CNc1cc(-n2ccnc2)nc(NCc2cccc(Cl)c2)n1)NCc1ccc(Cl)cc1Cl. The molecule has 4 rings (SSSR count). The predicted octanol–water partition coefficient (Wildman–Crippen LogP) is 4.96. The Labute approximate surface area is 211 Å². The Bertz CT molecular complexity index is 1280. The van der Waals surface area contributed by atoms with Crippen LogP contribution in [0, 0.1) is 0 Å². The fraction of sp³-hybridized carbons (Fsp3) is 0.130. The Morgan fingerprint density at radius 2 is 1.79 bits per heavy atom. The highest BCUT2D eigenvalue weighted by molar-refractivity contribution is 6.35. The van der Waals surface area contributed by atoms with Crippen LogP contribution in [0.4, 0.5) is 11.8 Å². The summed E-state index contributed by atoms with van der Waals surface area (Å²) in [5.74, 6) is 1.24. The van der Waals surface area contributed by atoms with Crippen LogP contribution in [0.3, 0.4) is 0 Å². The van der Waals surface area contributed by atoms with Gasteiger partial charge >= 0.3 is 0 Å². The van der Waals surface area contributed by atoms with Crippen molar-refractivity contribution in [1.82, 2.24) is 24.8 Å². The number of nitrogens with one attached hydrogen (secondary N) is 3. The second-order valence-electron chi connectivity index (χ2n) is 7.25. The first-order valence-electron chi connectivity index (χ1n) is 10.3. The minimum absolute atomic E-state index is 0.0132. The lowest BCUT2D eigenvalue weighted by molar-refractivity contribution is -0.119. The van der Waals surface area contributed by atoms with E-state index in [2.05, 4.69) is 30.9 Å². The molecule has 0 aliphatic rings. The van der Waals surface area contributed by atoms with Gasteiger partial charge in [0.2, 0.25) is 11.9 Å². The fourth-order valence-electron chi connectivity index (χ4n) is 3.05. The molecule has 0 aliphatic heterocycles. The summed E-state index contributed by atoms with van der Waals surface area (Å²) < 4.78 is 1.75. The van der Waals surface area contributed by atoms with E-state index in [1.54, 1.807) is 47.6 Å². The van der Waals surface area contributed by atoms with E-state index in [0.717, 1.165) is 11.1 Å². The van der Waals surface area contributed by atoms with Crippen LogP contribution in [0.2, 0.25) is 15.1 Å². The maximum absolute atomic E-state index is 12.4. The second kappa shape index (κ2) is 11.2. The van der Waals surface area contributed by atoms with Crippen molar-refractivity contribution >= 4 is 52.5 Å². The highest BCUT2D eigenvalue weighted by Gasteiger charge is 2.09. The number of carbonyl (C=O) groups excluding carboxylic acids is 1. The third-order valence-corrected chi connectivity index (χ3v) is 5.56. The first-order chi connectivity index (χ1) is 16.5. The zero-order valence-electron chi connectivity index (χ0n) is 17.8. The lowest BCUT2D eigenvalue weighted by Crippen LogP contribution is -2.29. The Morgan fingerprint density at radius 1 is 0.941 bits per heavy atom. The summed E-state index contributed by atoms with van der Waals surface area (Å²) in [5, 5.41) is 10.8. The Kier molecular flexibility index (Phi) is 7.84. The number of rotatable bonds is 9. The van der Waals surface area contributed by atoms with E-state index in [1.165, 1.54) is 0 Å². The van der Waals surface area contributed by atoms with Gasteiger partial charge in [-0.3, -0.25) is 9.36 Å². The number of imidazole rings is 1. The van der Waals surface area contributed by atoms with Crippen LogP contribution in [-0.2, 0) is 17.9 Å². The molecular weight excluding hydrogens is 497 g/mol. The molecule has 2 aromatic heterocycles. The molecular formula is C23H20Cl3N7O. The van der Waals surface area contributed by atoms with E-state index in [1.807, 2.05) is 24.3 Å². The number of benzene rings is 2. The van der Waals surface area contributed by atoms with Gasteiger partial charge in [0, 0.05) is 46.6 Å². The largest absolute Gasteiger partial charge is 0.361 e. The van der Waals surface area contributed by atoms with Crippen LogP contribution in [-0.4, -0.2) is 32.0 Å². The molecule has 2 heterocycles. The Balaban J connectivity index is 1.42. The standard InChI is InChI=1S/C23H20Cl3N7O/c24-17-3-1-2-15(8-17)11-30-23-31-20(10-21(32-23)33-7-6-27-14-33)28-13-22(34)29-12-16-4-5-18(25)9-19(16)26/h1-10,14H,11-13H2,(H,29,34)(H2,28,30,31,32). The molecule has 0 radical (unpaired) electrons. The molecule has 0 saturated heterocycles. The topological polar surface area (TPSA) is 96.8 Å². The lowest BCUT2D eigenvalue weighted by atomic mass is 10.2. The Hall–Kier alpha value is -3.33. The van der Waals surface area contributed by atoms with E-state index in [0.29, 0.717) is 39.2 Å². The van der Waals surface area contributed by atoms with Crippen LogP contribution in [0.15, 0.2) is 67.3 Å². The molecule has 2 aromatic carbocycles. The van der Waals surface area contributed by atoms with Gasteiger partial charge in [-0.25, -0.2) is 4.98 Å². The van der Waals surface area contributed by atoms with Crippen molar-refractivity contribution in [2.75, 3.05) is 17.2 Å². The van der Waals surface area contributed by atoms with Crippen molar-refractivity contribution in [2.45, 2.75) is 13.1 Å². The van der Waals surface area contributed by atoms with Crippen LogP contribution in [0.5, 0.6) is 0 Å². The number of hydrogen-bond donors (Lipinski definition) is 3. The third kappa shape index (κ3) is 6.60. The monoisotopic (exact) mass is 515 g/mol. The van der Waals surface area contributed by atoms with Gasteiger partial charge in [0.15, 0.2) is 0 Å². The Morgan fingerprint density at radius 3 is 2.56 bits per heavy atom. The smallest absolute Gasteiger partial charge is 0.239 e. The molecule has 3 N–H and O–H groups in total. The zero-order valence-corrected chi connectivity index (χ0v) is 20.1. The molecule has 0 unspecified atom stereocenters. The lowest BCUT2D eigenvalue weighted by Gasteiger charge is -2.12. The first kappa shape index (κ1) is 23.8. The van der Waals surface area contributed by atoms with Crippen molar-refractivity contribution in [1.29, 1.82) is 0 Å². The normalized spacial score (nSPS) is 10.7. The molecule has 0 aliphatic carbocycles. The van der Waals surface area contributed by atoms with E-state index < -0.39 is 0 Å². The molecule has 4 aromatic rings. The summed E-state index contributed by atoms with van der Waals surface area (Å²) >= 11 is 18.1. The summed E-state index contributed by atoms with van der Waals surface area (Å²) in [4.78, 5) is 25.5. The van der Waals surface area contributed by atoms with Crippen molar-refractivity contribution in [2.24, 2.45) is 0 Å². The van der Waals surface area contributed by atoms with E-state index in [-0.39, 0.29) is 19.0 Å². The summed E-state index contributed by atoms with van der Waals surface area (Å²) in [6.07, 6.45) is 5.06. The van der Waals surface area contributed by atoms with E-state index >= 15 is 0 Å². The van der Waals surface area contributed by atoms with Gasteiger partial charge in [0.25, 0.3) is 0 Å². The predicted molar refractivity (Wildman–Crippen MR) is 135 cm³/mol. The molecule has 174 valence electrons. The molecule has 0 fully saturated rings. The summed E-state index contributed by atoms with van der Waals surface area (Å²) in [5.41, 5.74) is 1.76. The van der Waals surface area contributed by atoms with E-state index in [9.17, 15) is 4.79 Å². The quantitative estimate of drug-likeness (QED) is 0.291. The van der Waals surface area contributed by atoms with Crippen molar-refractivity contribution in [3.8, 4) is 5.82 Å². The maximum atomic E-state index is 12.4. The molecule has 0 spiro atoms. The highest BCUT2D eigenvalue weighted by atomic mass is 35.5. The average molecular weight is 517 g/mol. The number of amides is 1. The average Bonchev–Trinajstić information content (AvgIpc) is 3.36. The fourth-order valence-corrected chi connectivity index (χ4v) is 3.74. The first-order valence-corrected chi connectivity index (χ1v) is 11.4. The van der Waals surface area contributed by atoms with Crippen molar-refractivity contribution in [3.63, 3.8) is 0 Å². The van der Waals surface area contributed by atoms with Crippen LogP contribution in [0.25, 0.3) is 5.82 Å². The van der Waals surface area contributed by atoms with Crippen molar-refractivity contribution in [3.05, 3.63) is 93.4 Å². The third-order valence-electron chi connectivity index (χ3n) is 4.74. The molecule has 1 amide bonds. The van der Waals surface area contributed by atoms with Gasteiger partial charge in [-0.05, 0) is 35.4 Å². The minimum atomic E-state index is -0.220. The van der Waals surface area contributed by atoms with Gasteiger partial charge in [-0.2, -0.15) is 9.97 Å². The second-order valence-corrected chi connectivity index (χ2v) is 8.53. The van der Waals surface area contributed by atoms with Crippen LogP contribution in [0.1, 0.15) is 11.1 Å². The minimum Gasteiger partial charge on any atom is -0.361 e. The van der Waals surface area contributed by atoms with Gasteiger partial charge in [0.05, 0.1) is 6.54 Å². The van der Waals surface area contributed by atoms with Crippen molar-refractivity contribution < 1.29 is 4.79 Å². The molecule has 34 heavy (non-hydrogen) atoms. The number of carbonyl (C=O) groups is 1. The van der Waals surface area contributed by atoms with Gasteiger partial charge < -0.3 is 16.0 Å². The van der Waals surface area contributed by atoms with Crippen LogP contribution >= 0.6 is 34.8 Å². The van der Waals surface area contributed by atoms with Gasteiger partial charge in [0.1, 0.15) is 18.0 Å². The number of aromatic nitrogens is 4. The molecule has 0 bridgehead atoms. The van der Waals surface area contributed by atoms with Gasteiger partial charge in [-0.15, -0.1) is 0 Å². The van der Waals surface area contributed by atoms with E-state index in [4.69, 9.17) is 34.8 Å². The summed E-state index contributed by atoms with van der Waals surface area (Å²) in [7, 11) is 0. The maximum Gasteiger partial charge on any atom is 0.239 e. The highest BCUT2D eigenvalue weighted by Crippen LogP contribution is 2.21. The zero-order chi connectivity index (χ0) is 23.9. The number of anilines is 2. The molecule has 0 atom stereocenters. The van der Waals surface area contributed by atoms with Crippen LogP contribution < -0.4 is 16.0 Å². The van der Waals surface area contributed by atoms with Gasteiger partial charge in [-0.1, -0.05) is 53.0 Å². The number of halogens is 3. The molecule has 11 heteroatoms. The molecule has 8 nitrogen and oxygen atoms in total. The number of nitrogens with zero attached hydrogens (tertiary/aromatic N) is 4.